The molecule has 1 aliphatic heterocycles. The van der Waals surface area contributed by atoms with Crippen LogP contribution in [0.2, 0.25) is 0 Å². The van der Waals surface area contributed by atoms with Crippen LogP contribution in [0.1, 0.15) is 13.3 Å². The van der Waals surface area contributed by atoms with Gasteiger partial charge in [0.1, 0.15) is 0 Å². The van der Waals surface area contributed by atoms with Crippen molar-refractivity contribution in [1.29, 1.82) is 0 Å². The number of ether oxygens (including phenoxy) is 1. The lowest BCUT2D eigenvalue weighted by Crippen LogP contribution is -3.00. The van der Waals surface area contributed by atoms with Crippen molar-refractivity contribution in [3.63, 3.8) is 0 Å². The average molecular weight is 184 g/mol. The first kappa shape index (κ1) is 9.99. The Bertz CT molecular complexity index is 160. The van der Waals surface area contributed by atoms with Gasteiger partial charge in [0.25, 0.3) is 8.61 Å². The third-order valence-corrected chi connectivity index (χ3v) is 2.15. The van der Waals surface area contributed by atoms with E-state index in [1.54, 1.807) is 4.35 Å². The molecule has 1 rings (SSSR count). The van der Waals surface area contributed by atoms with E-state index in [1.807, 2.05) is 6.92 Å². The van der Waals surface area contributed by atoms with E-state index in [9.17, 15) is 4.57 Å². The fourth-order valence-corrected chi connectivity index (χ4v) is 1.47. The summed E-state index contributed by atoms with van der Waals surface area (Å²) in [5, 5.41) is 0. The van der Waals surface area contributed by atoms with Gasteiger partial charge < -0.3 is 17.1 Å². The van der Waals surface area contributed by atoms with Gasteiger partial charge in [-0.2, -0.15) is 4.35 Å². The first-order valence-corrected chi connectivity index (χ1v) is 4.07. The molecule has 0 spiro atoms. The second-order valence-corrected chi connectivity index (χ2v) is 2.73. The highest BCUT2D eigenvalue weighted by Crippen LogP contribution is 2.06. The van der Waals surface area contributed by atoms with Crippen LogP contribution < -0.4 is 12.4 Å². The van der Waals surface area contributed by atoms with Gasteiger partial charge in [-0.05, 0) is 0 Å². The fraction of sp³-hybridized carbons (Fsp3) is 0.800. The summed E-state index contributed by atoms with van der Waals surface area (Å²) in [6.45, 7) is 3.52. The highest BCUT2D eigenvalue weighted by Gasteiger charge is 2.19. The molecule has 1 aliphatic rings. The molecular weight excluding hydrogens is 172 g/mol. The molecule has 3 nitrogen and oxygen atoms in total. The van der Waals surface area contributed by atoms with Gasteiger partial charge in [-0.25, -0.2) is 0 Å². The average Bonchev–Trinajstić information content (AvgIpc) is 2.33. The van der Waals surface area contributed by atoms with Crippen molar-refractivity contribution in [2.24, 2.45) is 0 Å². The molecule has 0 bridgehead atoms. The van der Waals surface area contributed by atoms with E-state index in [4.69, 9.17) is 4.74 Å². The van der Waals surface area contributed by atoms with E-state index in [0.717, 1.165) is 18.9 Å². The first-order chi connectivity index (χ1) is 4.38. The van der Waals surface area contributed by atoms with Crippen LogP contribution in [0.3, 0.4) is 0 Å². The molecular formula is C5H11ClNO2P. The molecule has 60 valence electrons. The van der Waals surface area contributed by atoms with E-state index < -0.39 is 8.61 Å². The molecule has 10 heavy (non-hydrogen) atoms. The molecule has 5 heteroatoms. The SMILES string of the molecule is CCC1=[N+]([PH2]=O)CCO1.[Cl-]. The summed E-state index contributed by atoms with van der Waals surface area (Å²) in [7, 11) is -0.813. The minimum Gasteiger partial charge on any atom is -1.00 e. The Morgan fingerprint density at radius 2 is 2.50 bits per heavy atom. The molecule has 0 aromatic rings. The zero-order valence-electron chi connectivity index (χ0n) is 5.84. The van der Waals surface area contributed by atoms with Gasteiger partial charge in [0.2, 0.25) is 0 Å². The Morgan fingerprint density at radius 1 is 1.80 bits per heavy atom. The quantitative estimate of drug-likeness (QED) is 0.444. The Balaban J connectivity index is 0.000000810. The Morgan fingerprint density at radius 3 is 2.90 bits per heavy atom. The zero-order chi connectivity index (χ0) is 6.69. The van der Waals surface area contributed by atoms with Gasteiger partial charge in [0.15, 0.2) is 13.2 Å². The van der Waals surface area contributed by atoms with Crippen LogP contribution in [-0.4, -0.2) is 23.4 Å². The minimum atomic E-state index is -0.813. The molecule has 1 atom stereocenters. The summed E-state index contributed by atoms with van der Waals surface area (Å²) in [6.07, 6.45) is 0.856. The molecule has 0 fully saturated rings. The largest absolute Gasteiger partial charge is 1.00 e. The summed E-state index contributed by atoms with van der Waals surface area (Å²) in [4.78, 5) is 0. The van der Waals surface area contributed by atoms with E-state index in [0.29, 0.717) is 6.61 Å². The molecule has 0 amide bonds. The maximum absolute atomic E-state index is 10.4. The van der Waals surface area contributed by atoms with Crippen molar-refractivity contribution in [3.05, 3.63) is 0 Å². The van der Waals surface area contributed by atoms with Crippen molar-refractivity contribution in [1.82, 2.24) is 0 Å². The van der Waals surface area contributed by atoms with Crippen LogP contribution in [0.5, 0.6) is 0 Å². The van der Waals surface area contributed by atoms with E-state index in [1.165, 1.54) is 0 Å². The van der Waals surface area contributed by atoms with Crippen LogP contribution in [0, 0.1) is 0 Å². The predicted octanol–water partition coefficient (Wildman–Crippen LogP) is -2.49. The van der Waals surface area contributed by atoms with Gasteiger partial charge >= 0.3 is 5.90 Å². The second kappa shape index (κ2) is 4.75. The van der Waals surface area contributed by atoms with E-state index in [2.05, 4.69) is 0 Å². The van der Waals surface area contributed by atoms with Crippen molar-refractivity contribution < 1.29 is 26.1 Å². The van der Waals surface area contributed by atoms with Crippen LogP contribution in [0.4, 0.5) is 0 Å². The molecule has 1 heterocycles. The fourth-order valence-electron chi connectivity index (χ4n) is 0.886. The van der Waals surface area contributed by atoms with Gasteiger partial charge in [-0.15, -0.1) is 0 Å². The summed E-state index contributed by atoms with van der Waals surface area (Å²) >= 11 is 0. The highest BCUT2D eigenvalue weighted by atomic mass is 35.5. The van der Waals surface area contributed by atoms with Crippen LogP contribution in [0.15, 0.2) is 0 Å². The molecule has 0 aromatic heterocycles. The summed E-state index contributed by atoms with van der Waals surface area (Å²) in [5.74, 6) is 0.889. The zero-order valence-corrected chi connectivity index (χ0v) is 7.75. The van der Waals surface area contributed by atoms with E-state index in [-0.39, 0.29) is 12.4 Å². The molecule has 0 aromatic carbocycles. The highest BCUT2D eigenvalue weighted by molar-refractivity contribution is 7.15. The summed E-state index contributed by atoms with van der Waals surface area (Å²) in [5.41, 5.74) is 0. The van der Waals surface area contributed by atoms with Crippen molar-refractivity contribution in [2.75, 3.05) is 13.2 Å². The Labute approximate surface area is 67.7 Å². The number of hydrogen-bond acceptors (Lipinski definition) is 2. The van der Waals surface area contributed by atoms with Crippen molar-refractivity contribution in [2.45, 2.75) is 13.3 Å². The smallest absolute Gasteiger partial charge is 0.339 e. The Hall–Kier alpha value is -0.0100. The minimum absolute atomic E-state index is 0. The maximum atomic E-state index is 10.4. The summed E-state index contributed by atoms with van der Waals surface area (Å²) in [6, 6.07) is 0. The third-order valence-electron chi connectivity index (χ3n) is 1.35. The molecule has 0 saturated carbocycles. The lowest BCUT2D eigenvalue weighted by atomic mass is 10.5. The van der Waals surface area contributed by atoms with E-state index >= 15 is 0 Å². The lowest BCUT2D eigenvalue weighted by molar-refractivity contribution is -0.348. The first-order valence-electron chi connectivity index (χ1n) is 3.09. The lowest BCUT2D eigenvalue weighted by Gasteiger charge is -1.88. The predicted molar refractivity (Wildman–Crippen MR) is 36.8 cm³/mol. The Kier molecular flexibility index (Phi) is 4.75. The topological polar surface area (TPSA) is 29.3 Å². The molecule has 0 aliphatic carbocycles. The van der Waals surface area contributed by atoms with Gasteiger partial charge in [-0.3, -0.25) is 4.57 Å². The number of rotatable bonds is 2. The second-order valence-electron chi connectivity index (χ2n) is 1.89. The number of hydrogen-bond donors (Lipinski definition) is 0. The monoisotopic (exact) mass is 183 g/mol. The maximum Gasteiger partial charge on any atom is 0.339 e. The van der Waals surface area contributed by atoms with Gasteiger partial charge in [0, 0.05) is 0 Å². The van der Waals surface area contributed by atoms with Crippen molar-refractivity contribution in [3.8, 4) is 0 Å². The summed E-state index contributed by atoms with van der Waals surface area (Å²) < 4.78 is 17.4. The standard InChI is InChI=1S/C5H11NO2P.ClH/c1-2-5-6(9-7)3-4-8-5;/h2-4,9H2,1H3;1H/q+1;/p-1. The third kappa shape index (κ3) is 1.99. The molecule has 0 saturated heterocycles. The van der Waals surface area contributed by atoms with Crippen LogP contribution in [-0.2, 0) is 9.30 Å². The molecule has 1 unspecified atom stereocenters. The molecule has 0 radical (unpaired) electrons. The molecule has 0 N–H and O–H groups in total. The van der Waals surface area contributed by atoms with Crippen LogP contribution >= 0.6 is 8.61 Å². The van der Waals surface area contributed by atoms with Gasteiger partial charge in [-0.1, -0.05) is 6.92 Å². The number of halogens is 1. The van der Waals surface area contributed by atoms with Gasteiger partial charge in [0.05, 0.1) is 6.42 Å². The number of nitrogens with zero attached hydrogens (tertiary/aromatic N) is 1. The normalized spacial score (nSPS) is 17.7. The van der Waals surface area contributed by atoms with Crippen molar-refractivity contribution >= 4 is 14.5 Å². The van der Waals surface area contributed by atoms with Crippen LogP contribution in [0.25, 0.3) is 0 Å².